The van der Waals surface area contributed by atoms with Crippen LogP contribution in [0.3, 0.4) is 0 Å². The van der Waals surface area contributed by atoms with Gasteiger partial charge in [-0.2, -0.15) is 0 Å². The van der Waals surface area contributed by atoms with Crippen LogP contribution in [0.4, 0.5) is 0 Å². The lowest BCUT2D eigenvalue weighted by Gasteiger charge is -2.18. The zero-order valence-corrected chi connectivity index (χ0v) is 12.3. The van der Waals surface area contributed by atoms with Gasteiger partial charge < -0.3 is 14.2 Å². The van der Waals surface area contributed by atoms with Crippen molar-refractivity contribution in [1.82, 2.24) is 9.97 Å². The Hall–Kier alpha value is -2.27. The zero-order chi connectivity index (χ0) is 14.8. The number of fused-ring (bicyclic) bond motifs is 1. The van der Waals surface area contributed by atoms with Crippen molar-refractivity contribution in [3.8, 4) is 17.5 Å². The maximum absolute atomic E-state index is 5.95. The van der Waals surface area contributed by atoms with Gasteiger partial charge in [0.1, 0.15) is 12.4 Å². The minimum absolute atomic E-state index is 0.345. The topological polar surface area (TPSA) is 53.5 Å². The molecule has 108 valence electrons. The summed E-state index contributed by atoms with van der Waals surface area (Å²) in [6.07, 6.45) is 3.64. The van der Waals surface area contributed by atoms with Crippen molar-refractivity contribution in [3.63, 3.8) is 0 Å². The summed E-state index contributed by atoms with van der Waals surface area (Å²) < 4.78 is 16.0. The molecule has 0 atom stereocenters. The number of nitrogens with zero attached hydrogens (tertiary/aromatic N) is 2. The Kier molecular flexibility index (Phi) is 3.66. The van der Waals surface area contributed by atoms with Crippen LogP contribution in [0.25, 0.3) is 11.6 Å². The van der Waals surface area contributed by atoms with Gasteiger partial charge >= 0.3 is 0 Å². The van der Waals surface area contributed by atoms with Crippen molar-refractivity contribution < 1.29 is 14.2 Å². The van der Waals surface area contributed by atoms with Gasteiger partial charge in [0.2, 0.25) is 0 Å². The van der Waals surface area contributed by atoms with Gasteiger partial charge in [0.15, 0.2) is 0 Å². The Morgan fingerprint density at radius 2 is 2.00 bits per heavy atom. The standard InChI is InChI=1S/C15H13ClN2O3/c1-19-14-15(20-2)18-12(7-17-14)10-5-9-3-4-11(16)6-13(9)21-8-10/h3-7H,8H2,1-2H3. The number of halogens is 1. The van der Waals surface area contributed by atoms with Crippen molar-refractivity contribution >= 4 is 23.3 Å². The predicted molar refractivity (Wildman–Crippen MR) is 80.0 cm³/mol. The van der Waals surface area contributed by atoms with E-state index < -0.39 is 0 Å². The molecule has 1 aliphatic rings. The van der Waals surface area contributed by atoms with E-state index in [-0.39, 0.29) is 0 Å². The minimum atomic E-state index is 0.345. The number of aromatic nitrogens is 2. The van der Waals surface area contributed by atoms with E-state index in [1.54, 1.807) is 12.3 Å². The normalized spacial score (nSPS) is 13.0. The van der Waals surface area contributed by atoms with Crippen molar-refractivity contribution in [2.24, 2.45) is 0 Å². The summed E-state index contributed by atoms with van der Waals surface area (Å²) in [5.74, 6) is 1.46. The Morgan fingerprint density at radius 3 is 2.76 bits per heavy atom. The molecule has 2 aromatic rings. The highest BCUT2D eigenvalue weighted by atomic mass is 35.5. The fraction of sp³-hybridized carbons (Fsp3) is 0.200. The molecule has 0 radical (unpaired) electrons. The van der Waals surface area contributed by atoms with Gasteiger partial charge in [0.05, 0.1) is 26.1 Å². The van der Waals surface area contributed by atoms with E-state index in [9.17, 15) is 0 Å². The highest BCUT2D eigenvalue weighted by Gasteiger charge is 2.17. The van der Waals surface area contributed by atoms with Crippen LogP contribution < -0.4 is 14.2 Å². The highest BCUT2D eigenvalue weighted by Crippen LogP contribution is 2.33. The molecule has 6 heteroatoms. The van der Waals surface area contributed by atoms with Crippen molar-refractivity contribution in [2.45, 2.75) is 0 Å². The largest absolute Gasteiger partial charge is 0.488 e. The summed E-state index contributed by atoms with van der Waals surface area (Å²) >= 11 is 5.95. The van der Waals surface area contributed by atoms with Crippen LogP contribution >= 0.6 is 11.6 Å². The SMILES string of the molecule is COc1ncc(C2=Cc3ccc(Cl)cc3OC2)nc1OC. The fourth-order valence-electron chi connectivity index (χ4n) is 2.07. The summed E-state index contributed by atoms with van der Waals surface area (Å²) in [4.78, 5) is 8.58. The van der Waals surface area contributed by atoms with E-state index in [1.807, 2.05) is 18.2 Å². The lowest BCUT2D eigenvalue weighted by atomic mass is 10.1. The molecular weight excluding hydrogens is 292 g/mol. The summed E-state index contributed by atoms with van der Waals surface area (Å²) in [6.45, 7) is 0.400. The van der Waals surface area contributed by atoms with Crippen LogP contribution in [-0.4, -0.2) is 30.8 Å². The Bertz CT molecular complexity index is 716. The predicted octanol–water partition coefficient (Wildman–Crippen LogP) is 3.08. The van der Waals surface area contributed by atoms with Crippen LogP contribution in [0, 0.1) is 0 Å². The number of methoxy groups -OCH3 is 2. The number of hydrogen-bond acceptors (Lipinski definition) is 5. The molecule has 1 aromatic heterocycles. The first kappa shape index (κ1) is 13.7. The first-order valence-corrected chi connectivity index (χ1v) is 6.67. The average molecular weight is 305 g/mol. The number of benzene rings is 1. The number of ether oxygens (including phenoxy) is 3. The molecule has 0 unspecified atom stereocenters. The molecule has 0 fully saturated rings. The molecule has 1 aromatic carbocycles. The molecule has 0 aliphatic carbocycles. The Labute approximate surface area is 127 Å². The van der Waals surface area contributed by atoms with Gasteiger partial charge in [-0.05, 0) is 24.3 Å². The molecule has 21 heavy (non-hydrogen) atoms. The van der Waals surface area contributed by atoms with E-state index in [4.69, 9.17) is 25.8 Å². The van der Waals surface area contributed by atoms with Gasteiger partial charge in [-0.15, -0.1) is 0 Å². The molecule has 2 heterocycles. The van der Waals surface area contributed by atoms with Crippen LogP contribution in [0.2, 0.25) is 5.02 Å². The molecule has 0 bridgehead atoms. The quantitative estimate of drug-likeness (QED) is 0.872. The molecule has 0 saturated heterocycles. The third-order valence-corrected chi connectivity index (χ3v) is 3.35. The summed E-state index contributed by atoms with van der Waals surface area (Å²) in [5, 5.41) is 0.650. The maximum Gasteiger partial charge on any atom is 0.278 e. The fourth-order valence-corrected chi connectivity index (χ4v) is 2.24. The van der Waals surface area contributed by atoms with Crippen molar-refractivity contribution in [3.05, 3.63) is 40.7 Å². The lowest BCUT2D eigenvalue weighted by molar-refractivity contribution is 0.330. The zero-order valence-electron chi connectivity index (χ0n) is 11.6. The van der Waals surface area contributed by atoms with E-state index in [0.29, 0.717) is 29.1 Å². The minimum Gasteiger partial charge on any atom is -0.488 e. The molecular formula is C15H13ClN2O3. The maximum atomic E-state index is 5.95. The molecule has 0 N–H and O–H groups in total. The summed E-state index contributed by atoms with van der Waals surface area (Å²) in [6, 6.07) is 5.53. The van der Waals surface area contributed by atoms with Gasteiger partial charge in [-0.3, -0.25) is 0 Å². The second-order valence-corrected chi connectivity index (χ2v) is 4.85. The van der Waals surface area contributed by atoms with E-state index in [0.717, 1.165) is 16.9 Å². The third kappa shape index (κ3) is 2.64. The smallest absolute Gasteiger partial charge is 0.278 e. The average Bonchev–Trinajstić information content (AvgIpc) is 2.53. The van der Waals surface area contributed by atoms with Crippen LogP contribution in [-0.2, 0) is 0 Å². The first-order valence-electron chi connectivity index (χ1n) is 6.29. The summed E-state index contributed by atoms with van der Waals surface area (Å²) in [5.41, 5.74) is 2.56. The van der Waals surface area contributed by atoms with Gasteiger partial charge in [-0.1, -0.05) is 11.6 Å². The second kappa shape index (κ2) is 5.61. The highest BCUT2D eigenvalue weighted by molar-refractivity contribution is 6.30. The molecule has 5 nitrogen and oxygen atoms in total. The van der Waals surface area contributed by atoms with Gasteiger partial charge in [0.25, 0.3) is 11.8 Å². The van der Waals surface area contributed by atoms with Gasteiger partial charge in [-0.25, -0.2) is 9.97 Å². The van der Waals surface area contributed by atoms with E-state index in [2.05, 4.69) is 9.97 Å². The first-order chi connectivity index (χ1) is 10.2. The molecule has 0 spiro atoms. The monoisotopic (exact) mass is 304 g/mol. The van der Waals surface area contributed by atoms with Crippen molar-refractivity contribution in [2.75, 3.05) is 20.8 Å². The van der Waals surface area contributed by atoms with E-state index in [1.165, 1.54) is 14.2 Å². The number of hydrogen-bond donors (Lipinski definition) is 0. The molecule has 3 rings (SSSR count). The molecule has 1 aliphatic heterocycles. The Balaban J connectivity index is 2.00. The van der Waals surface area contributed by atoms with Crippen molar-refractivity contribution in [1.29, 1.82) is 0 Å². The third-order valence-electron chi connectivity index (χ3n) is 3.11. The van der Waals surface area contributed by atoms with Gasteiger partial charge in [0, 0.05) is 16.2 Å². The van der Waals surface area contributed by atoms with Crippen LogP contribution in [0.15, 0.2) is 24.4 Å². The Morgan fingerprint density at radius 1 is 1.19 bits per heavy atom. The van der Waals surface area contributed by atoms with Crippen LogP contribution in [0.5, 0.6) is 17.5 Å². The van der Waals surface area contributed by atoms with E-state index >= 15 is 0 Å². The summed E-state index contributed by atoms with van der Waals surface area (Å²) in [7, 11) is 3.05. The lowest BCUT2D eigenvalue weighted by Crippen LogP contribution is -2.09. The molecule has 0 saturated carbocycles. The number of rotatable bonds is 3. The molecule has 0 amide bonds. The second-order valence-electron chi connectivity index (χ2n) is 4.41. The van der Waals surface area contributed by atoms with Crippen LogP contribution in [0.1, 0.15) is 11.3 Å².